The zero-order chi connectivity index (χ0) is 14.4. The van der Waals surface area contributed by atoms with E-state index in [0.29, 0.717) is 5.69 Å². The highest BCUT2D eigenvalue weighted by molar-refractivity contribution is 6.39. The third-order valence-electron chi connectivity index (χ3n) is 2.76. The number of anilines is 1. The van der Waals surface area contributed by atoms with E-state index in [4.69, 9.17) is 5.11 Å². The summed E-state index contributed by atoms with van der Waals surface area (Å²) in [7, 11) is 0. The van der Waals surface area contributed by atoms with E-state index in [-0.39, 0.29) is 19.1 Å². The molecule has 2 amide bonds. The Morgan fingerprint density at radius 2 is 1.95 bits per heavy atom. The second-order valence-corrected chi connectivity index (χ2v) is 4.77. The van der Waals surface area contributed by atoms with E-state index in [1.807, 2.05) is 26.0 Å². The summed E-state index contributed by atoms with van der Waals surface area (Å²) in [6, 6.07) is 5.57. The third kappa shape index (κ3) is 4.71. The van der Waals surface area contributed by atoms with Crippen molar-refractivity contribution in [1.82, 2.24) is 5.32 Å². The molecule has 1 rings (SSSR count). The minimum atomic E-state index is -0.697. The number of nitrogens with one attached hydrogen (secondary N) is 2. The zero-order valence-electron chi connectivity index (χ0n) is 11.5. The largest absolute Gasteiger partial charge is 0.396 e. The van der Waals surface area contributed by atoms with Gasteiger partial charge in [-0.25, -0.2) is 0 Å². The topological polar surface area (TPSA) is 78.4 Å². The highest BCUT2D eigenvalue weighted by Crippen LogP contribution is 2.15. The van der Waals surface area contributed by atoms with Crippen molar-refractivity contribution >= 4 is 17.5 Å². The van der Waals surface area contributed by atoms with E-state index in [1.165, 1.54) is 0 Å². The average Bonchev–Trinajstić information content (AvgIpc) is 2.38. The van der Waals surface area contributed by atoms with Gasteiger partial charge in [-0.2, -0.15) is 0 Å². The molecule has 0 spiro atoms. The Morgan fingerprint density at radius 3 is 2.53 bits per heavy atom. The summed E-state index contributed by atoms with van der Waals surface area (Å²) < 4.78 is 0. The van der Waals surface area contributed by atoms with Crippen LogP contribution in [0.4, 0.5) is 5.69 Å². The maximum Gasteiger partial charge on any atom is 0.313 e. The van der Waals surface area contributed by atoms with Gasteiger partial charge in [0.1, 0.15) is 0 Å². The summed E-state index contributed by atoms with van der Waals surface area (Å²) in [5, 5.41) is 13.9. The molecule has 0 saturated carbocycles. The predicted molar refractivity (Wildman–Crippen MR) is 73.8 cm³/mol. The van der Waals surface area contributed by atoms with Crippen LogP contribution in [0.1, 0.15) is 18.1 Å². The van der Waals surface area contributed by atoms with Gasteiger partial charge in [0.2, 0.25) is 0 Å². The van der Waals surface area contributed by atoms with Crippen molar-refractivity contribution in [2.45, 2.75) is 20.8 Å². The van der Waals surface area contributed by atoms with Gasteiger partial charge in [-0.15, -0.1) is 0 Å². The molecule has 5 heteroatoms. The van der Waals surface area contributed by atoms with Crippen LogP contribution in [0.3, 0.4) is 0 Å². The smallest absolute Gasteiger partial charge is 0.313 e. The minimum Gasteiger partial charge on any atom is -0.396 e. The molecule has 0 bridgehead atoms. The van der Waals surface area contributed by atoms with Crippen molar-refractivity contribution in [3.8, 4) is 0 Å². The summed E-state index contributed by atoms with van der Waals surface area (Å²) in [4.78, 5) is 23.2. The van der Waals surface area contributed by atoms with Gasteiger partial charge >= 0.3 is 11.8 Å². The lowest BCUT2D eigenvalue weighted by Gasteiger charge is -2.11. The lowest BCUT2D eigenvalue weighted by Crippen LogP contribution is -2.38. The fourth-order valence-corrected chi connectivity index (χ4v) is 1.54. The minimum absolute atomic E-state index is 0.0288. The summed E-state index contributed by atoms with van der Waals surface area (Å²) in [6.45, 7) is 5.85. The molecule has 1 unspecified atom stereocenters. The van der Waals surface area contributed by atoms with E-state index in [1.54, 1.807) is 13.0 Å². The first-order chi connectivity index (χ1) is 8.93. The number of carbonyl (C=O) groups excluding carboxylic acids is 2. The van der Waals surface area contributed by atoms with E-state index in [9.17, 15) is 9.59 Å². The van der Waals surface area contributed by atoms with Crippen molar-refractivity contribution in [3.63, 3.8) is 0 Å². The van der Waals surface area contributed by atoms with Crippen molar-refractivity contribution in [2.24, 2.45) is 5.92 Å². The van der Waals surface area contributed by atoms with Gasteiger partial charge in [-0.3, -0.25) is 9.59 Å². The van der Waals surface area contributed by atoms with Crippen molar-refractivity contribution in [3.05, 3.63) is 29.3 Å². The number of carbonyl (C=O) groups is 2. The molecule has 0 aliphatic rings. The number of aliphatic hydroxyl groups excluding tert-OH is 1. The Hall–Kier alpha value is -1.88. The molecule has 1 atom stereocenters. The number of aliphatic hydroxyl groups is 1. The molecule has 0 saturated heterocycles. The summed E-state index contributed by atoms with van der Waals surface area (Å²) in [5.41, 5.74) is 2.63. The van der Waals surface area contributed by atoms with Crippen LogP contribution < -0.4 is 10.6 Å². The van der Waals surface area contributed by atoms with Crippen molar-refractivity contribution in [2.75, 3.05) is 18.5 Å². The van der Waals surface area contributed by atoms with Gasteiger partial charge < -0.3 is 15.7 Å². The lowest BCUT2D eigenvalue weighted by molar-refractivity contribution is -0.136. The molecular weight excluding hydrogens is 244 g/mol. The van der Waals surface area contributed by atoms with Gasteiger partial charge in [-0.05, 0) is 31.4 Å². The van der Waals surface area contributed by atoms with Gasteiger partial charge in [0.15, 0.2) is 0 Å². The second-order valence-electron chi connectivity index (χ2n) is 4.77. The first kappa shape index (κ1) is 15.2. The summed E-state index contributed by atoms with van der Waals surface area (Å²) >= 11 is 0. The third-order valence-corrected chi connectivity index (χ3v) is 2.76. The number of hydrogen-bond donors (Lipinski definition) is 3. The van der Waals surface area contributed by atoms with Crippen LogP contribution in [0.15, 0.2) is 18.2 Å². The molecule has 0 radical (unpaired) electrons. The number of amides is 2. The van der Waals surface area contributed by atoms with Crippen molar-refractivity contribution < 1.29 is 14.7 Å². The van der Waals surface area contributed by atoms with Crippen LogP contribution in [0.2, 0.25) is 0 Å². The first-order valence-electron chi connectivity index (χ1n) is 6.21. The van der Waals surface area contributed by atoms with E-state index in [2.05, 4.69) is 10.6 Å². The molecule has 0 aliphatic carbocycles. The highest BCUT2D eigenvalue weighted by atomic mass is 16.3. The van der Waals surface area contributed by atoms with Crippen LogP contribution in [0.5, 0.6) is 0 Å². The van der Waals surface area contributed by atoms with Gasteiger partial charge in [0.25, 0.3) is 0 Å². The average molecular weight is 264 g/mol. The molecule has 1 aromatic carbocycles. The normalized spacial score (nSPS) is 11.8. The number of benzene rings is 1. The van der Waals surface area contributed by atoms with Crippen LogP contribution in [0, 0.1) is 19.8 Å². The maximum absolute atomic E-state index is 11.7. The van der Waals surface area contributed by atoms with Crippen LogP contribution in [0.25, 0.3) is 0 Å². The molecular formula is C14H20N2O3. The number of hydrogen-bond acceptors (Lipinski definition) is 3. The molecule has 1 aromatic rings. The number of aryl methyl sites for hydroxylation is 2. The Bertz CT molecular complexity index is 472. The molecule has 0 heterocycles. The summed E-state index contributed by atoms with van der Waals surface area (Å²) in [6.07, 6.45) is 0. The molecule has 104 valence electrons. The van der Waals surface area contributed by atoms with Gasteiger partial charge in [0, 0.05) is 18.8 Å². The van der Waals surface area contributed by atoms with E-state index in [0.717, 1.165) is 11.1 Å². The lowest BCUT2D eigenvalue weighted by atomic mass is 10.1. The Labute approximate surface area is 113 Å². The van der Waals surface area contributed by atoms with Gasteiger partial charge in [-0.1, -0.05) is 24.6 Å². The Balaban J connectivity index is 2.56. The summed E-state index contributed by atoms with van der Waals surface area (Å²) in [5.74, 6) is -1.46. The molecule has 0 fully saturated rings. The quantitative estimate of drug-likeness (QED) is 0.709. The van der Waals surface area contributed by atoms with Crippen LogP contribution in [-0.4, -0.2) is 30.1 Å². The monoisotopic (exact) mass is 264 g/mol. The predicted octanol–water partition coefficient (Wildman–Crippen LogP) is 0.987. The zero-order valence-corrected chi connectivity index (χ0v) is 11.5. The van der Waals surface area contributed by atoms with E-state index < -0.39 is 11.8 Å². The molecule has 5 nitrogen and oxygen atoms in total. The molecule has 19 heavy (non-hydrogen) atoms. The second kappa shape index (κ2) is 6.89. The highest BCUT2D eigenvalue weighted by Gasteiger charge is 2.15. The first-order valence-corrected chi connectivity index (χ1v) is 6.21. The Kier molecular flexibility index (Phi) is 5.51. The molecule has 0 aromatic heterocycles. The number of rotatable bonds is 4. The maximum atomic E-state index is 11.7. The molecule has 3 N–H and O–H groups in total. The van der Waals surface area contributed by atoms with Crippen LogP contribution >= 0.6 is 0 Å². The fraction of sp³-hybridized carbons (Fsp3) is 0.429. The molecule has 0 aliphatic heterocycles. The fourth-order valence-electron chi connectivity index (χ4n) is 1.54. The Morgan fingerprint density at radius 1 is 1.26 bits per heavy atom. The van der Waals surface area contributed by atoms with E-state index >= 15 is 0 Å². The van der Waals surface area contributed by atoms with Crippen LogP contribution in [-0.2, 0) is 9.59 Å². The van der Waals surface area contributed by atoms with Gasteiger partial charge in [0.05, 0.1) is 0 Å². The van der Waals surface area contributed by atoms with Crippen molar-refractivity contribution in [1.29, 1.82) is 0 Å². The SMILES string of the molecule is Cc1ccc(NC(=O)C(=O)NCC(C)CO)c(C)c1. The standard InChI is InChI=1S/C14H20N2O3/c1-9-4-5-12(11(3)6-9)16-14(19)13(18)15-7-10(2)8-17/h4-6,10,17H,7-8H2,1-3H3,(H,15,18)(H,16,19).